The molecular weight excluding hydrogens is 337 g/mol. The van der Waals surface area contributed by atoms with Gasteiger partial charge in [-0.25, -0.2) is 14.1 Å². The maximum atomic E-state index is 13.1. The van der Waals surface area contributed by atoms with Gasteiger partial charge in [-0.15, -0.1) is 0 Å². The zero-order chi connectivity index (χ0) is 18.1. The number of anilines is 1. The summed E-state index contributed by atoms with van der Waals surface area (Å²) in [5.74, 6) is 0.299. The van der Waals surface area contributed by atoms with Crippen molar-refractivity contribution in [1.29, 1.82) is 0 Å². The summed E-state index contributed by atoms with van der Waals surface area (Å²) in [6.07, 6.45) is 5.85. The number of amides is 1. The van der Waals surface area contributed by atoms with Crippen LogP contribution in [0.15, 0.2) is 48.9 Å². The molecule has 26 heavy (non-hydrogen) atoms. The van der Waals surface area contributed by atoms with E-state index in [-0.39, 0.29) is 5.91 Å². The van der Waals surface area contributed by atoms with Gasteiger partial charge in [0.2, 0.25) is 11.8 Å². The van der Waals surface area contributed by atoms with Gasteiger partial charge in [-0.2, -0.15) is 5.10 Å². The number of methoxy groups -OCH3 is 1. The second-order valence-corrected chi connectivity index (χ2v) is 6.10. The molecule has 0 aliphatic heterocycles. The average Bonchev–Trinajstić information content (AvgIpc) is 3.35. The first-order valence-electron chi connectivity index (χ1n) is 8.10. The first-order chi connectivity index (χ1) is 12.6. The second-order valence-electron chi connectivity index (χ2n) is 6.10. The van der Waals surface area contributed by atoms with Crippen LogP contribution in [-0.2, 0) is 10.2 Å². The van der Waals surface area contributed by atoms with E-state index in [1.807, 2.05) is 0 Å². The van der Waals surface area contributed by atoms with E-state index in [1.165, 1.54) is 6.07 Å². The number of pyridine rings is 2. The molecule has 0 aromatic carbocycles. The Kier molecular flexibility index (Phi) is 3.87. The summed E-state index contributed by atoms with van der Waals surface area (Å²) in [4.78, 5) is 20.8. The summed E-state index contributed by atoms with van der Waals surface area (Å²) in [7, 11) is 1.54. The molecule has 0 saturated heterocycles. The molecule has 0 radical (unpaired) electrons. The molecule has 1 fully saturated rings. The summed E-state index contributed by atoms with van der Waals surface area (Å²) < 4.78 is 19.8. The Hall–Kier alpha value is -3.29. The van der Waals surface area contributed by atoms with Crippen molar-refractivity contribution in [3.63, 3.8) is 0 Å². The molecule has 3 aromatic rings. The van der Waals surface area contributed by atoms with Gasteiger partial charge in [0.25, 0.3) is 0 Å². The third-order valence-corrected chi connectivity index (χ3v) is 4.43. The normalized spacial score (nSPS) is 14.7. The van der Waals surface area contributed by atoms with Crippen LogP contribution in [0.2, 0.25) is 0 Å². The number of carbonyl (C=O) groups excluding carboxylic acids is 1. The lowest BCUT2D eigenvalue weighted by Gasteiger charge is -2.13. The molecule has 132 valence electrons. The number of hydrogen-bond acceptors (Lipinski definition) is 5. The fourth-order valence-electron chi connectivity index (χ4n) is 2.81. The predicted octanol–water partition coefficient (Wildman–Crippen LogP) is 2.48. The van der Waals surface area contributed by atoms with Gasteiger partial charge in [-0.05, 0) is 31.0 Å². The van der Waals surface area contributed by atoms with Gasteiger partial charge < -0.3 is 10.1 Å². The van der Waals surface area contributed by atoms with E-state index in [0.29, 0.717) is 30.2 Å². The van der Waals surface area contributed by atoms with Crippen LogP contribution in [-0.4, -0.2) is 32.8 Å². The Morgan fingerprint density at radius 2 is 2.12 bits per heavy atom. The van der Waals surface area contributed by atoms with Crippen LogP contribution in [0.1, 0.15) is 18.5 Å². The summed E-state index contributed by atoms with van der Waals surface area (Å²) >= 11 is 0. The van der Waals surface area contributed by atoms with E-state index >= 15 is 0 Å². The van der Waals surface area contributed by atoms with Crippen LogP contribution >= 0.6 is 0 Å². The monoisotopic (exact) mass is 353 g/mol. The summed E-state index contributed by atoms with van der Waals surface area (Å²) in [5, 5.41) is 7.19. The number of nitrogens with zero attached hydrogens (tertiary/aromatic N) is 4. The number of hydrogen-bond donors (Lipinski definition) is 1. The Labute approximate surface area is 148 Å². The van der Waals surface area contributed by atoms with Crippen molar-refractivity contribution < 1.29 is 13.9 Å². The van der Waals surface area contributed by atoms with E-state index in [1.54, 1.807) is 48.5 Å². The van der Waals surface area contributed by atoms with Crippen molar-refractivity contribution in [3.05, 3.63) is 60.4 Å². The SMILES string of the molecule is COc1cc(-n2ccc(NC(=O)C3(c4ccc(F)cn4)CC3)n2)ccn1. The maximum absolute atomic E-state index is 13.1. The minimum Gasteiger partial charge on any atom is -0.481 e. The van der Waals surface area contributed by atoms with E-state index in [2.05, 4.69) is 20.4 Å². The Morgan fingerprint density at radius 1 is 1.27 bits per heavy atom. The molecule has 1 aliphatic rings. The van der Waals surface area contributed by atoms with E-state index < -0.39 is 11.2 Å². The van der Waals surface area contributed by atoms with Crippen molar-refractivity contribution in [2.24, 2.45) is 0 Å². The first kappa shape index (κ1) is 16.2. The van der Waals surface area contributed by atoms with Gasteiger partial charge in [-0.1, -0.05) is 0 Å². The second kappa shape index (κ2) is 6.21. The highest BCUT2D eigenvalue weighted by atomic mass is 19.1. The third kappa shape index (κ3) is 2.90. The first-order valence-corrected chi connectivity index (χ1v) is 8.10. The lowest BCUT2D eigenvalue weighted by molar-refractivity contribution is -0.118. The highest BCUT2D eigenvalue weighted by Crippen LogP contribution is 2.48. The largest absolute Gasteiger partial charge is 0.481 e. The molecule has 1 N–H and O–H groups in total. The summed E-state index contributed by atoms with van der Waals surface area (Å²) in [5.41, 5.74) is 0.644. The molecule has 0 spiro atoms. The number of halogens is 1. The maximum Gasteiger partial charge on any atom is 0.237 e. The topological polar surface area (TPSA) is 81.9 Å². The molecular formula is C18H16FN5O2. The van der Waals surface area contributed by atoms with E-state index in [4.69, 9.17) is 4.74 Å². The molecule has 4 rings (SSSR count). The summed E-state index contributed by atoms with van der Waals surface area (Å²) in [6.45, 7) is 0. The number of carbonyl (C=O) groups is 1. The quantitative estimate of drug-likeness (QED) is 0.762. The van der Waals surface area contributed by atoms with Gasteiger partial charge in [0, 0.05) is 24.5 Å². The molecule has 0 unspecified atom stereocenters. The van der Waals surface area contributed by atoms with Crippen molar-refractivity contribution >= 4 is 11.7 Å². The molecule has 3 heterocycles. The van der Waals surface area contributed by atoms with Gasteiger partial charge >= 0.3 is 0 Å². The highest BCUT2D eigenvalue weighted by molar-refractivity contribution is 6.00. The number of rotatable bonds is 5. The zero-order valence-corrected chi connectivity index (χ0v) is 14.0. The molecule has 8 heteroatoms. The molecule has 0 bridgehead atoms. The number of nitrogens with one attached hydrogen (secondary N) is 1. The van der Waals surface area contributed by atoms with Crippen LogP contribution < -0.4 is 10.1 Å². The highest BCUT2D eigenvalue weighted by Gasteiger charge is 2.52. The standard InChI is InChI=1S/C18H16FN5O2/c1-26-16-10-13(4-8-20-16)24-9-5-15(23-24)22-17(25)18(6-7-18)14-3-2-12(19)11-21-14/h2-5,8-11H,6-7H2,1H3,(H,22,23,25). The van der Waals surface area contributed by atoms with Crippen LogP contribution in [0.3, 0.4) is 0 Å². The summed E-state index contributed by atoms with van der Waals surface area (Å²) in [6, 6.07) is 8.11. The van der Waals surface area contributed by atoms with Crippen LogP contribution in [0, 0.1) is 5.82 Å². The van der Waals surface area contributed by atoms with Crippen LogP contribution in [0.4, 0.5) is 10.2 Å². The molecule has 7 nitrogen and oxygen atoms in total. The number of aromatic nitrogens is 4. The fraction of sp³-hybridized carbons (Fsp3) is 0.222. The van der Waals surface area contributed by atoms with Gasteiger partial charge in [0.05, 0.1) is 30.1 Å². The zero-order valence-electron chi connectivity index (χ0n) is 14.0. The lowest BCUT2D eigenvalue weighted by atomic mass is 10.0. The van der Waals surface area contributed by atoms with Crippen molar-refractivity contribution in [1.82, 2.24) is 19.7 Å². The Bertz CT molecular complexity index is 950. The fourth-order valence-corrected chi connectivity index (χ4v) is 2.81. The molecule has 0 atom stereocenters. The van der Waals surface area contributed by atoms with Gasteiger partial charge in [-0.3, -0.25) is 9.78 Å². The van der Waals surface area contributed by atoms with Gasteiger partial charge in [0.15, 0.2) is 5.82 Å². The molecule has 1 saturated carbocycles. The molecule has 3 aromatic heterocycles. The predicted molar refractivity (Wildman–Crippen MR) is 91.6 cm³/mol. The Morgan fingerprint density at radius 3 is 2.81 bits per heavy atom. The smallest absolute Gasteiger partial charge is 0.237 e. The minimum absolute atomic E-state index is 0.186. The molecule has 1 amide bonds. The van der Waals surface area contributed by atoms with Crippen molar-refractivity contribution in [3.8, 4) is 11.6 Å². The van der Waals surface area contributed by atoms with E-state index in [0.717, 1.165) is 11.9 Å². The number of ether oxygens (including phenoxy) is 1. The van der Waals surface area contributed by atoms with Crippen LogP contribution in [0.25, 0.3) is 5.69 Å². The van der Waals surface area contributed by atoms with Crippen molar-refractivity contribution in [2.45, 2.75) is 18.3 Å². The lowest BCUT2D eigenvalue weighted by Crippen LogP contribution is -2.29. The Balaban J connectivity index is 1.52. The molecule has 1 aliphatic carbocycles. The average molecular weight is 353 g/mol. The van der Waals surface area contributed by atoms with Gasteiger partial charge in [0.1, 0.15) is 5.82 Å². The minimum atomic E-state index is -0.697. The van der Waals surface area contributed by atoms with Crippen LogP contribution in [0.5, 0.6) is 5.88 Å². The third-order valence-electron chi connectivity index (χ3n) is 4.43. The van der Waals surface area contributed by atoms with E-state index in [9.17, 15) is 9.18 Å². The van der Waals surface area contributed by atoms with Crippen molar-refractivity contribution in [2.75, 3.05) is 12.4 Å².